The Morgan fingerprint density at radius 1 is 1.21 bits per heavy atom. The fraction of sp³-hybridized carbons (Fsp3) is 0.0833. The van der Waals surface area contributed by atoms with E-state index in [9.17, 15) is 12.8 Å². The third-order valence-corrected chi connectivity index (χ3v) is 3.79. The van der Waals surface area contributed by atoms with Crippen molar-refractivity contribution >= 4 is 21.5 Å². The van der Waals surface area contributed by atoms with Crippen molar-refractivity contribution in [3.8, 4) is 0 Å². The molecule has 0 unspecified atom stereocenters. The van der Waals surface area contributed by atoms with Crippen LogP contribution in [0.3, 0.4) is 0 Å². The van der Waals surface area contributed by atoms with E-state index in [1.165, 1.54) is 36.5 Å². The first-order valence-electron chi connectivity index (χ1n) is 5.44. The number of pyridine rings is 1. The Bertz CT molecular complexity index is 689. The Balaban J connectivity index is 2.38. The topological polar surface area (TPSA) is 71.1 Å². The molecule has 0 aliphatic heterocycles. The average molecular weight is 281 g/mol. The first-order chi connectivity index (χ1) is 9.03. The van der Waals surface area contributed by atoms with Gasteiger partial charge in [0, 0.05) is 13.2 Å². The van der Waals surface area contributed by atoms with Crippen LogP contribution >= 0.6 is 0 Å². The molecule has 1 heterocycles. The number of hydrogen-bond acceptors (Lipinski definition) is 4. The van der Waals surface area contributed by atoms with Crippen molar-refractivity contribution in [3.05, 3.63) is 48.4 Å². The van der Waals surface area contributed by atoms with Gasteiger partial charge in [0.1, 0.15) is 16.5 Å². The van der Waals surface area contributed by atoms with Gasteiger partial charge in [-0.3, -0.25) is 4.72 Å². The molecular weight excluding hydrogens is 269 g/mol. The van der Waals surface area contributed by atoms with Crippen LogP contribution in [0.1, 0.15) is 0 Å². The number of nitrogens with zero attached hydrogens (tertiary/aromatic N) is 1. The summed E-state index contributed by atoms with van der Waals surface area (Å²) in [4.78, 5) is 3.92. The smallest absolute Gasteiger partial charge is 0.265 e. The zero-order valence-corrected chi connectivity index (χ0v) is 10.9. The third kappa shape index (κ3) is 3.00. The van der Waals surface area contributed by atoms with Gasteiger partial charge >= 0.3 is 0 Å². The van der Waals surface area contributed by atoms with E-state index in [-0.39, 0.29) is 16.4 Å². The molecule has 0 atom stereocenters. The summed E-state index contributed by atoms with van der Waals surface area (Å²) in [5.41, 5.74) is 0.158. The number of benzene rings is 1. The van der Waals surface area contributed by atoms with Gasteiger partial charge in [-0.25, -0.2) is 17.8 Å². The van der Waals surface area contributed by atoms with Crippen LogP contribution in [-0.4, -0.2) is 20.4 Å². The molecule has 19 heavy (non-hydrogen) atoms. The van der Waals surface area contributed by atoms with Crippen molar-refractivity contribution in [3.63, 3.8) is 0 Å². The van der Waals surface area contributed by atoms with Gasteiger partial charge in [-0.2, -0.15) is 0 Å². The lowest BCUT2D eigenvalue weighted by atomic mass is 10.3. The van der Waals surface area contributed by atoms with Gasteiger partial charge in [-0.15, -0.1) is 0 Å². The van der Waals surface area contributed by atoms with E-state index in [1.807, 2.05) is 0 Å². The maximum atomic E-state index is 13.0. The second-order valence-electron chi connectivity index (χ2n) is 3.72. The van der Waals surface area contributed by atoms with Crippen molar-refractivity contribution in [1.82, 2.24) is 4.98 Å². The lowest BCUT2D eigenvalue weighted by Crippen LogP contribution is -2.15. The van der Waals surface area contributed by atoms with Gasteiger partial charge in [-0.1, -0.05) is 6.07 Å². The predicted octanol–water partition coefficient (Wildman–Crippen LogP) is 2.06. The molecule has 0 aliphatic rings. The Labute approximate surface area is 110 Å². The maximum Gasteiger partial charge on any atom is 0.265 e. The summed E-state index contributed by atoms with van der Waals surface area (Å²) >= 11 is 0. The molecule has 2 rings (SSSR count). The summed E-state index contributed by atoms with van der Waals surface area (Å²) < 4.78 is 39.7. The first-order valence-corrected chi connectivity index (χ1v) is 6.92. The van der Waals surface area contributed by atoms with E-state index in [4.69, 9.17) is 0 Å². The Morgan fingerprint density at radius 3 is 2.68 bits per heavy atom. The highest BCUT2D eigenvalue weighted by Gasteiger charge is 2.18. The van der Waals surface area contributed by atoms with Crippen LogP contribution in [-0.2, 0) is 10.0 Å². The van der Waals surface area contributed by atoms with Crippen LogP contribution in [0.2, 0.25) is 0 Å². The minimum absolute atomic E-state index is 0.00163. The molecule has 1 aromatic carbocycles. The van der Waals surface area contributed by atoms with E-state index in [0.717, 1.165) is 6.07 Å². The van der Waals surface area contributed by atoms with Gasteiger partial charge in [0.25, 0.3) is 10.0 Å². The number of rotatable bonds is 4. The van der Waals surface area contributed by atoms with E-state index in [2.05, 4.69) is 15.0 Å². The van der Waals surface area contributed by atoms with E-state index < -0.39 is 15.8 Å². The van der Waals surface area contributed by atoms with Gasteiger partial charge in [0.05, 0.1) is 5.69 Å². The molecule has 0 amide bonds. The summed E-state index contributed by atoms with van der Waals surface area (Å²) in [7, 11) is -2.24. The lowest BCUT2D eigenvalue weighted by Gasteiger charge is -2.10. The molecule has 5 nitrogen and oxygen atoms in total. The summed E-state index contributed by atoms with van der Waals surface area (Å²) in [5, 5.41) is 2.69. The first kappa shape index (κ1) is 13.3. The van der Waals surface area contributed by atoms with Gasteiger partial charge in [-0.05, 0) is 30.3 Å². The molecule has 100 valence electrons. The van der Waals surface area contributed by atoms with Crippen molar-refractivity contribution in [2.45, 2.75) is 4.90 Å². The highest BCUT2D eigenvalue weighted by Crippen LogP contribution is 2.21. The molecular formula is C12H12FN3O2S. The van der Waals surface area contributed by atoms with Crippen molar-refractivity contribution < 1.29 is 12.8 Å². The zero-order valence-electron chi connectivity index (χ0n) is 10.1. The molecule has 0 saturated heterocycles. The second kappa shape index (κ2) is 5.23. The average Bonchev–Trinajstić information content (AvgIpc) is 2.38. The van der Waals surface area contributed by atoms with Gasteiger partial charge < -0.3 is 5.32 Å². The molecule has 2 aromatic rings. The standard InChI is InChI=1S/C12H12FN3O2S/c1-14-12-11(6-3-7-15-12)19(17,18)16-10-5-2-4-9(13)8-10/h2-8,16H,1H3,(H,14,15). The largest absolute Gasteiger partial charge is 0.372 e. The Kier molecular flexibility index (Phi) is 3.66. The molecule has 7 heteroatoms. The molecule has 0 fully saturated rings. The third-order valence-electron chi connectivity index (χ3n) is 2.37. The molecule has 0 radical (unpaired) electrons. The normalized spacial score (nSPS) is 11.1. The molecule has 0 aliphatic carbocycles. The van der Waals surface area contributed by atoms with E-state index >= 15 is 0 Å². The number of hydrogen-bond donors (Lipinski definition) is 2. The molecule has 2 N–H and O–H groups in total. The lowest BCUT2D eigenvalue weighted by molar-refractivity contribution is 0.601. The zero-order chi connectivity index (χ0) is 13.9. The summed E-state index contributed by atoms with van der Waals surface area (Å²) in [6.07, 6.45) is 1.48. The Morgan fingerprint density at radius 2 is 2.00 bits per heavy atom. The summed E-state index contributed by atoms with van der Waals surface area (Å²) in [6.45, 7) is 0. The van der Waals surface area contributed by atoms with Crippen LogP contribution in [0.4, 0.5) is 15.9 Å². The Hall–Kier alpha value is -2.15. The molecule has 0 bridgehead atoms. The molecule has 0 saturated carbocycles. The SMILES string of the molecule is CNc1ncccc1S(=O)(=O)Nc1cccc(F)c1. The van der Waals surface area contributed by atoms with Crippen molar-refractivity contribution in [1.29, 1.82) is 0 Å². The highest BCUT2D eigenvalue weighted by molar-refractivity contribution is 7.92. The van der Waals surface area contributed by atoms with Gasteiger partial charge in [0.15, 0.2) is 0 Å². The van der Waals surface area contributed by atoms with Crippen LogP contribution in [0, 0.1) is 5.82 Å². The van der Waals surface area contributed by atoms with Crippen LogP contribution in [0.15, 0.2) is 47.5 Å². The monoisotopic (exact) mass is 281 g/mol. The highest BCUT2D eigenvalue weighted by atomic mass is 32.2. The van der Waals surface area contributed by atoms with E-state index in [1.54, 1.807) is 7.05 Å². The quantitative estimate of drug-likeness (QED) is 0.900. The fourth-order valence-corrected chi connectivity index (χ4v) is 2.77. The molecule has 0 spiro atoms. The number of aromatic nitrogens is 1. The van der Waals surface area contributed by atoms with Crippen molar-refractivity contribution in [2.24, 2.45) is 0 Å². The minimum atomic E-state index is -3.81. The molecule has 1 aromatic heterocycles. The number of nitrogens with one attached hydrogen (secondary N) is 2. The van der Waals surface area contributed by atoms with E-state index in [0.29, 0.717) is 0 Å². The van der Waals surface area contributed by atoms with Gasteiger partial charge in [0.2, 0.25) is 0 Å². The summed E-state index contributed by atoms with van der Waals surface area (Å²) in [5.74, 6) is -0.286. The number of anilines is 2. The van der Waals surface area contributed by atoms with Crippen molar-refractivity contribution in [2.75, 3.05) is 17.1 Å². The minimum Gasteiger partial charge on any atom is -0.372 e. The number of halogens is 1. The summed E-state index contributed by atoms with van der Waals surface area (Å²) in [6, 6.07) is 8.17. The van der Waals surface area contributed by atoms with Crippen LogP contribution < -0.4 is 10.0 Å². The van der Waals surface area contributed by atoms with Crippen LogP contribution in [0.25, 0.3) is 0 Å². The van der Waals surface area contributed by atoms with Crippen LogP contribution in [0.5, 0.6) is 0 Å². The fourth-order valence-electron chi connectivity index (χ4n) is 1.56. The maximum absolute atomic E-state index is 13.0. The second-order valence-corrected chi connectivity index (χ2v) is 5.37. The predicted molar refractivity (Wildman–Crippen MR) is 71.0 cm³/mol. The number of sulfonamides is 1.